The molecule has 2 aliphatic rings. The topological polar surface area (TPSA) is 228 Å². The lowest BCUT2D eigenvalue weighted by Gasteiger charge is -2.46. The zero-order chi connectivity index (χ0) is 40.4. The summed E-state index contributed by atoms with van der Waals surface area (Å²) in [4.78, 5) is 13.0. The Hall–Kier alpha value is -1.01. The second-order valence-corrected chi connectivity index (χ2v) is 15.8. The molecule has 12 atom stereocenters. The highest BCUT2D eigenvalue weighted by molar-refractivity contribution is 5.76. The van der Waals surface area contributed by atoms with Gasteiger partial charge in [0.05, 0.1) is 32.0 Å². The lowest BCUT2D eigenvalue weighted by atomic mass is 9.97. The van der Waals surface area contributed by atoms with Gasteiger partial charge in [0.1, 0.15) is 48.8 Å². The van der Waals surface area contributed by atoms with E-state index in [4.69, 9.17) is 18.9 Å². The Bertz CT molecular complexity index is 946. The summed E-state index contributed by atoms with van der Waals surface area (Å²) in [7, 11) is 0. The number of ether oxygens (including phenoxy) is 4. The highest BCUT2D eigenvalue weighted by Gasteiger charge is 2.51. The number of aliphatic hydroxyl groups is 8. The van der Waals surface area contributed by atoms with E-state index in [0.717, 1.165) is 51.4 Å². The molecule has 0 spiro atoms. The van der Waals surface area contributed by atoms with Crippen LogP contribution in [0.4, 0.5) is 0 Å². The quantitative estimate of drug-likeness (QED) is 0.0445. The van der Waals surface area contributed by atoms with Crippen molar-refractivity contribution in [3.63, 3.8) is 0 Å². The van der Waals surface area contributed by atoms with Crippen molar-refractivity contribution in [3.05, 3.63) is 0 Å². The highest BCUT2D eigenvalue weighted by Crippen LogP contribution is 2.30. The van der Waals surface area contributed by atoms with Crippen molar-refractivity contribution in [1.82, 2.24) is 5.32 Å². The van der Waals surface area contributed by atoms with Gasteiger partial charge in [-0.25, -0.2) is 0 Å². The Morgan fingerprint density at radius 3 is 1.55 bits per heavy atom. The van der Waals surface area contributed by atoms with E-state index in [1.54, 1.807) is 0 Å². The van der Waals surface area contributed by atoms with Gasteiger partial charge < -0.3 is 65.1 Å². The molecule has 2 aliphatic heterocycles. The Balaban J connectivity index is 1.91. The molecule has 0 aromatic carbocycles. The van der Waals surface area contributed by atoms with Crippen LogP contribution in [-0.2, 0) is 23.7 Å². The molecule has 1 amide bonds. The van der Waals surface area contributed by atoms with Gasteiger partial charge in [-0.15, -0.1) is 0 Å². The lowest BCUT2D eigenvalue weighted by molar-refractivity contribution is -0.359. The van der Waals surface area contributed by atoms with Gasteiger partial charge in [0.25, 0.3) is 0 Å². The van der Waals surface area contributed by atoms with Crippen LogP contribution < -0.4 is 5.32 Å². The van der Waals surface area contributed by atoms with E-state index < -0.39 is 86.8 Å². The second-order valence-electron chi connectivity index (χ2n) is 15.8. The molecule has 9 N–H and O–H groups in total. The van der Waals surface area contributed by atoms with Crippen LogP contribution >= 0.6 is 0 Å². The smallest absolute Gasteiger partial charge is 0.220 e. The number of hydrogen-bond acceptors (Lipinski definition) is 13. The SMILES string of the molecule is CCCCCCCCCCCCCCC(O)C(COC1OC(CO)C(OC2OC(CO)C(O)C(O)C2O)C(O)C1O)NC(=O)CCCCCCCCCCC. The Labute approximate surface area is 330 Å². The molecule has 2 heterocycles. The normalized spacial score (nSPS) is 29.6. The molecular weight excluding hydrogens is 714 g/mol. The fraction of sp³-hybridized carbons (Fsp3) is 0.976. The fourth-order valence-corrected chi connectivity index (χ4v) is 7.41. The van der Waals surface area contributed by atoms with Crippen LogP contribution in [0.1, 0.15) is 162 Å². The number of hydrogen-bond donors (Lipinski definition) is 9. The van der Waals surface area contributed by atoms with Gasteiger partial charge in [-0.1, -0.05) is 142 Å². The third-order valence-corrected chi connectivity index (χ3v) is 11.1. The van der Waals surface area contributed by atoms with Gasteiger partial charge >= 0.3 is 0 Å². The number of aliphatic hydroxyl groups excluding tert-OH is 8. The Kier molecular flexibility index (Phi) is 27.4. The van der Waals surface area contributed by atoms with Crippen molar-refractivity contribution in [3.8, 4) is 0 Å². The maximum Gasteiger partial charge on any atom is 0.220 e. The average molecular weight is 794 g/mol. The van der Waals surface area contributed by atoms with E-state index in [1.807, 2.05) is 0 Å². The monoisotopic (exact) mass is 794 g/mol. The van der Waals surface area contributed by atoms with E-state index in [0.29, 0.717) is 12.8 Å². The number of carbonyl (C=O) groups excluding carboxylic acids is 1. The van der Waals surface area contributed by atoms with Crippen LogP contribution in [0.15, 0.2) is 0 Å². The molecule has 0 bridgehead atoms. The van der Waals surface area contributed by atoms with Gasteiger partial charge in [0.2, 0.25) is 5.91 Å². The van der Waals surface area contributed by atoms with Crippen molar-refractivity contribution >= 4 is 5.91 Å². The van der Waals surface area contributed by atoms with Crippen LogP contribution in [0.5, 0.6) is 0 Å². The van der Waals surface area contributed by atoms with E-state index in [-0.39, 0.29) is 12.5 Å². The molecule has 0 aromatic rings. The van der Waals surface area contributed by atoms with Gasteiger partial charge in [-0.2, -0.15) is 0 Å². The summed E-state index contributed by atoms with van der Waals surface area (Å²) in [6, 6.07) is -0.817. The zero-order valence-corrected chi connectivity index (χ0v) is 33.9. The van der Waals surface area contributed by atoms with Gasteiger partial charge in [-0.05, 0) is 12.8 Å². The minimum absolute atomic E-state index is 0.211. The molecule has 2 fully saturated rings. The molecule has 326 valence electrons. The molecule has 14 nitrogen and oxygen atoms in total. The summed E-state index contributed by atoms with van der Waals surface area (Å²) < 4.78 is 22.6. The first kappa shape index (κ1) is 50.1. The van der Waals surface area contributed by atoms with Crippen molar-refractivity contribution in [2.24, 2.45) is 0 Å². The largest absolute Gasteiger partial charge is 0.394 e. The van der Waals surface area contributed by atoms with E-state index in [2.05, 4.69) is 19.2 Å². The number of amides is 1. The minimum Gasteiger partial charge on any atom is -0.394 e. The third kappa shape index (κ3) is 19.1. The molecule has 12 unspecified atom stereocenters. The van der Waals surface area contributed by atoms with Crippen LogP contribution in [0.3, 0.4) is 0 Å². The van der Waals surface area contributed by atoms with Crippen molar-refractivity contribution in [2.75, 3.05) is 19.8 Å². The van der Waals surface area contributed by atoms with Crippen molar-refractivity contribution in [1.29, 1.82) is 0 Å². The van der Waals surface area contributed by atoms with E-state index in [1.165, 1.54) is 83.5 Å². The third-order valence-electron chi connectivity index (χ3n) is 11.1. The van der Waals surface area contributed by atoms with Gasteiger partial charge in [0, 0.05) is 6.42 Å². The first-order valence-electron chi connectivity index (χ1n) is 21.8. The van der Waals surface area contributed by atoms with E-state index in [9.17, 15) is 45.6 Å². The molecule has 0 radical (unpaired) electrons. The molecule has 0 aromatic heterocycles. The Morgan fingerprint density at radius 2 is 1.04 bits per heavy atom. The van der Waals surface area contributed by atoms with Crippen LogP contribution in [0.2, 0.25) is 0 Å². The molecule has 55 heavy (non-hydrogen) atoms. The summed E-state index contributed by atoms with van der Waals surface area (Å²) in [5.74, 6) is -0.211. The molecule has 14 heteroatoms. The lowest BCUT2D eigenvalue weighted by Crippen LogP contribution is -2.65. The predicted molar refractivity (Wildman–Crippen MR) is 208 cm³/mol. The maximum atomic E-state index is 13.0. The second kappa shape index (κ2) is 30.1. The summed E-state index contributed by atoms with van der Waals surface area (Å²) in [5.41, 5.74) is 0. The van der Waals surface area contributed by atoms with Crippen LogP contribution in [-0.4, -0.2) is 140 Å². The molecule has 2 rings (SSSR count). The number of nitrogens with one attached hydrogen (secondary N) is 1. The first-order valence-corrected chi connectivity index (χ1v) is 21.8. The first-order chi connectivity index (χ1) is 26.6. The molecule has 0 aliphatic carbocycles. The summed E-state index contributed by atoms with van der Waals surface area (Å²) in [5, 5.41) is 86.4. The number of unbranched alkanes of at least 4 members (excludes halogenated alkanes) is 19. The molecule has 0 saturated carbocycles. The summed E-state index contributed by atoms with van der Waals surface area (Å²) in [6.07, 6.45) is 8.41. The summed E-state index contributed by atoms with van der Waals surface area (Å²) in [6.45, 7) is 2.79. The average Bonchev–Trinajstić information content (AvgIpc) is 3.18. The maximum absolute atomic E-state index is 13.0. The van der Waals surface area contributed by atoms with Gasteiger partial charge in [0.15, 0.2) is 12.6 Å². The standard InChI is InChI=1S/C41H79NO13/c1-3-5-7-9-11-13-14-15-17-18-20-22-24-30(45)29(42-33(46)25-23-21-19-16-12-10-8-6-4-2)28-52-40-38(51)36(49)39(32(27-44)54-40)55-41-37(50)35(48)34(47)31(26-43)53-41/h29-32,34-41,43-45,47-51H,3-28H2,1-2H3,(H,42,46). The molecule has 2 saturated heterocycles. The Morgan fingerprint density at radius 1 is 0.582 bits per heavy atom. The van der Waals surface area contributed by atoms with E-state index >= 15 is 0 Å². The predicted octanol–water partition coefficient (Wildman–Crippen LogP) is 3.48. The number of carbonyl (C=O) groups is 1. The highest BCUT2D eigenvalue weighted by atomic mass is 16.7. The van der Waals surface area contributed by atoms with Gasteiger partial charge in [-0.3, -0.25) is 4.79 Å². The zero-order valence-electron chi connectivity index (χ0n) is 33.9. The van der Waals surface area contributed by atoms with Crippen molar-refractivity contribution in [2.45, 2.75) is 235 Å². The molecular formula is C41H79NO13. The summed E-state index contributed by atoms with van der Waals surface area (Å²) >= 11 is 0. The van der Waals surface area contributed by atoms with Crippen molar-refractivity contribution < 1.29 is 64.6 Å². The number of rotatable bonds is 32. The van der Waals surface area contributed by atoms with Crippen LogP contribution in [0, 0.1) is 0 Å². The fourth-order valence-electron chi connectivity index (χ4n) is 7.41. The minimum atomic E-state index is -1.78. The van der Waals surface area contributed by atoms with Crippen LogP contribution in [0.25, 0.3) is 0 Å².